The molecule has 4 nitrogen and oxygen atoms in total. The first-order chi connectivity index (χ1) is 23.1. The zero-order valence-corrected chi connectivity index (χ0v) is 26.7. The van der Waals surface area contributed by atoms with Crippen molar-refractivity contribution >= 4 is 39.3 Å². The van der Waals surface area contributed by atoms with E-state index in [1.54, 1.807) is 0 Å². The number of nitrogens with zero attached hydrogens (tertiary/aromatic N) is 2. The first-order valence-corrected chi connectivity index (χ1v) is 16.9. The van der Waals surface area contributed by atoms with E-state index in [1.165, 1.54) is 37.8 Å². The first-order valence-electron chi connectivity index (χ1n) is 16.1. The molecule has 5 heteroatoms. The first kappa shape index (κ1) is 28.0. The van der Waals surface area contributed by atoms with E-state index >= 15 is 0 Å². The maximum atomic E-state index is 9.37. The van der Waals surface area contributed by atoms with E-state index < -0.39 is 0 Å². The minimum atomic E-state index is -0.135. The van der Waals surface area contributed by atoms with Gasteiger partial charge in [-0.3, -0.25) is 5.32 Å². The van der Waals surface area contributed by atoms with Gasteiger partial charge in [-0.05, 0) is 77.7 Å². The second-order valence-electron chi connectivity index (χ2n) is 12.8. The van der Waals surface area contributed by atoms with Crippen molar-refractivity contribution in [1.29, 1.82) is 5.26 Å². The van der Waals surface area contributed by atoms with Crippen LogP contribution < -0.4 is 10.6 Å². The van der Waals surface area contributed by atoms with Gasteiger partial charge in [0.05, 0.1) is 28.7 Å². The maximum Gasteiger partial charge on any atom is 0.104 e. The predicted molar refractivity (Wildman–Crippen MR) is 193 cm³/mol. The minimum absolute atomic E-state index is 0.0111. The molecule has 47 heavy (non-hydrogen) atoms. The molecule has 0 saturated carbocycles. The second-order valence-corrected chi connectivity index (χ2v) is 14.3. The maximum absolute atomic E-state index is 9.37. The molecule has 0 spiro atoms. The van der Waals surface area contributed by atoms with E-state index in [-0.39, 0.29) is 17.0 Å². The molecular weight excluding hydrogens is 593 g/mol. The van der Waals surface area contributed by atoms with Gasteiger partial charge in [-0.1, -0.05) is 97.1 Å². The van der Waals surface area contributed by atoms with Crippen molar-refractivity contribution in [2.24, 2.45) is 0 Å². The summed E-state index contributed by atoms with van der Waals surface area (Å²) in [6.07, 6.45) is 11.2. The molecule has 4 unspecified atom stereocenters. The molecule has 1 aliphatic carbocycles. The lowest BCUT2D eigenvalue weighted by Crippen LogP contribution is -2.39. The van der Waals surface area contributed by atoms with Crippen LogP contribution in [0, 0.1) is 11.3 Å². The Hall–Kier alpha value is -5.28. The highest BCUT2D eigenvalue weighted by Gasteiger charge is 2.41. The van der Waals surface area contributed by atoms with Crippen molar-refractivity contribution in [3.05, 3.63) is 173 Å². The average Bonchev–Trinajstić information content (AvgIpc) is 3.61. The number of hydrogen-bond acceptors (Lipinski definition) is 4. The quantitative estimate of drug-likeness (QED) is 0.205. The van der Waals surface area contributed by atoms with Crippen LogP contribution in [0.2, 0.25) is 0 Å². The van der Waals surface area contributed by atoms with Crippen LogP contribution in [-0.2, 0) is 0 Å². The Balaban J connectivity index is 1.16. The fourth-order valence-electron chi connectivity index (χ4n) is 7.50. The van der Waals surface area contributed by atoms with E-state index in [1.807, 2.05) is 36.0 Å². The number of nitrogens with one attached hydrogen (secondary N) is 2. The van der Waals surface area contributed by atoms with Gasteiger partial charge < -0.3 is 9.88 Å². The summed E-state index contributed by atoms with van der Waals surface area (Å²) in [4.78, 5) is 1.38. The third kappa shape index (κ3) is 4.64. The summed E-state index contributed by atoms with van der Waals surface area (Å²) in [5.41, 5.74) is 10.1. The van der Waals surface area contributed by atoms with Gasteiger partial charge in [0, 0.05) is 37.7 Å². The van der Waals surface area contributed by atoms with Crippen molar-refractivity contribution in [2.75, 3.05) is 0 Å². The summed E-state index contributed by atoms with van der Waals surface area (Å²) >= 11 is 1.99. The zero-order chi connectivity index (χ0) is 31.5. The van der Waals surface area contributed by atoms with E-state index in [0.717, 1.165) is 22.5 Å². The van der Waals surface area contributed by atoms with Crippen LogP contribution in [0.4, 0.5) is 0 Å². The van der Waals surface area contributed by atoms with Crippen molar-refractivity contribution < 1.29 is 0 Å². The average molecular weight is 625 g/mol. The van der Waals surface area contributed by atoms with Gasteiger partial charge in [-0.15, -0.1) is 11.8 Å². The molecule has 0 bridgehead atoms. The second kappa shape index (κ2) is 10.9. The molecule has 3 heterocycles. The molecule has 226 valence electrons. The Morgan fingerprint density at radius 2 is 1.60 bits per heavy atom. The Morgan fingerprint density at radius 3 is 2.45 bits per heavy atom. The van der Waals surface area contributed by atoms with Crippen LogP contribution in [0.5, 0.6) is 0 Å². The molecule has 5 aromatic carbocycles. The topological polar surface area (TPSA) is 52.8 Å². The number of thioether (sulfide) groups is 1. The van der Waals surface area contributed by atoms with E-state index in [9.17, 15) is 5.26 Å². The van der Waals surface area contributed by atoms with Crippen LogP contribution in [0.25, 0.3) is 33.2 Å². The summed E-state index contributed by atoms with van der Waals surface area (Å²) in [6, 6.07) is 43.2. The molecule has 3 aliphatic rings. The highest BCUT2D eigenvalue weighted by molar-refractivity contribution is 8.01. The van der Waals surface area contributed by atoms with Gasteiger partial charge in [-0.2, -0.15) is 5.26 Å². The third-order valence-electron chi connectivity index (χ3n) is 9.85. The van der Waals surface area contributed by atoms with Crippen molar-refractivity contribution in [1.82, 2.24) is 15.2 Å². The van der Waals surface area contributed by atoms with Crippen LogP contribution in [0.15, 0.2) is 151 Å². The van der Waals surface area contributed by atoms with Crippen molar-refractivity contribution in [3.8, 4) is 11.8 Å². The van der Waals surface area contributed by atoms with Gasteiger partial charge in [0.25, 0.3) is 0 Å². The number of para-hydroxylation sites is 1. The van der Waals surface area contributed by atoms with E-state index in [2.05, 4.69) is 150 Å². The summed E-state index contributed by atoms with van der Waals surface area (Å²) < 4.78 is 2.48. The summed E-state index contributed by atoms with van der Waals surface area (Å²) in [7, 11) is 0. The van der Waals surface area contributed by atoms with Crippen LogP contribution in [0.1, 0.15) is 52.9 Å². The van der Waals surface area contributed by atoms with Crippen LogP contribution in [0.3, 0.4) is 0 Å². The smallest absolute Gasteiger partial charge is 0.104 e. The highest BCUT2D eigenvalue weighted by atomic mass is 32.2. The molecule has 4 atom stereocenters. The van der Waals surface area contributed by atoms with Crippen molar-refractivity contribution in [2.45, 2.75) is 34.7 Å². The van der Waals surface area contributed by atoms with Gasteiger partial charge in [0.1, 0.15) is 6.17 Å². The Kier molecular flexibility index (Phi) is 6.50. The van der Waals surface area contributed by atoms with Gasteiger partial charge in [0.2, 0.25) is 0 Å². The molecule has 0 saturated heterocycles. The van der Waals surface area contributed by atoms with Crippen LogP contribution in [-0.4, -0.2) is 9.31 Å². The number of allylic oxidation sites excluding steroid dienone is 3. The Labute approximate surface area is 278 Å². The summed E-state index contributed by atoms with van der Waals surface area (Å²) in [5, 5.41) is 19.6. The minimum Gasteiger partial charge on any atom is -0.366 e. The molecule has 0 radical (unpaired) electrons. The van der Waals surface area contributed by atoms with Crippen LogP contribution >= 0.6 is 11.8 Å². The van der Waals surface area contributed by atoms with Crippen molar-refractivity contribution in [3.63, 3.8) is 0 Å². The molecule has 2 N–H and O–H groups in total. The molecule has 6 aromatic rings. The standard InChI is InChI=1S/C42H32N4S/c1-42-21-8-7-15-35(42)34-23-39-33(24-40(34)47-42)32-14-5-6-16-38(32)46(39)31-13-9-12-30(22-31)41-44-36(28-10-3-2-4-11-28)25-37(45-41)29-19-17-27(26-43)18-20-29/h2-25,35-36,41,44-45H,1H3. The normalized spacial score (nSPS) is 22.8. The monoisotopic (exact) mass is 624 g/mol. The number of hydrogen-bond donors (Lipinski definition) is 2. The number of nitriles is 1. The molecule has 0 amide bonds. The van der Waals surface area contributed by atoms with Gasteiger partial charge >= 0.3 is 0 Å². The number of rotatable bonds is 4. The summed E-state index contributed by atoms with van der Waals surface area (Å²) in [6.45, 7) is 2.36. The Bertz CT molecular complexity index is 2320. The van der Waals surface area contributed by atoms with E-state index in [4.69, 9.17) is 0 Å². The molecule has 9 rings (SSSR count). The lowest BCUT2D eigenvalue weighted by Gasteiger charge is -2.33. The zero-order valence-electron chi connectivity index (χ0n) is 25.9. The Morgan fingerprint density at radius 1 is 0.787 bits per heavy atom. The SMILES string of the molecule is CC12C=CC=CC1c1cc3c(cc1S2)c1ccccc1n3-c1cccc(C2NC(c3ccc(C#N)cc3)=CC(c3ccccc3)N2)c1. The molecule has 1 aromatic heterocycles. The molecular formula is C42H32N4S. The molecule has 2 aliphatic heterocycles. The lowest BCUT2D eigenvalue weighted by atomic mass is 9.83. The fraction of sp³-hybridized carbons (Fsp3) is 0.119. The largest absolute Gasteiger partial charge is 0.366 e. The third-order valence-corrected chi connectivity index (χ3v) is 11.3. The molecule has 0 fully saturated rings. The van der Waals surface area contributed by atoms with Gasteiger partial charge in [-0.25, -0.2) is 0 Å². The fourth-order valence-corrected chi connectivity index (χ4v) is 8.94. The number of fused-ring (bicyclic) bond motifs is 6. The van der Waals surface area contributed by atoms with Gasteiger partial charge in [0.15, 0.2) is 0 Å². The summed E-state index contributed by atoms with van der Waals surface area (Å²) in [5.74, 6) is 0.354. The highest BCUT2D eigenvalue weighted by Crippen LogP contribution is 2.57. The predicted octanol–water partition coefficient (Wildman–Crippen LogP) is 9.70. The number of benzene rings is 5. The lowest BCUT2D eigenvalue weighted by molar-refractivity contribution is 0.442. The number of aromatic nitrogens is 1. The van der Waals surface area contributed by atoms with E-state index in [0.29, 0.717) is 11.5 Å².